The fourth-order valence-corrected chi connectivity index (χ4v) is 11.7. The second-order valence-electron chi connectivity index (χ2n) is 22.4. The van der Waals surface area contributed by atoms with Gasteiger partial charge in [-0.05, 0) is 107 Å². The van der Waals surface area contributed by atoms with Crippen LogP contribution in [-0.4, -0.2) is 180 Å². The minimum Gasteiger partial charge on any atom is -0.459 e. The van der Waals surface area contributed by atoms with Crippen molar-refractivity contribution in [1.29, 1.82) is 0 Å². The van der Waals surface area contributed by atoms with Gasteiger partial charge in [-0.1, -0.05) is 84.7 Å². The SMILES string of the molecule is CCCCCCCCCCN1CCCC(ON=C2[C@H](C)C[C@@](C)(OC)[C@H](O[C@@H]3O[C@H](C)C[C@H](N(C)C)[C@H]3O)[C@@H](C)[C@H](OC3CC(C)(OC)C(O)C(C)O3)[C@@H](C)C(=O)O[C@H](CC)[C@@](C)(O)[C@H](O)[C@H]2C)C1. The Bertz CT molecular complexity index is 1560. The van der Waals surface area contributed by atoms with Crippen molar-refractivity contribution >= 4 is 11.7 Å². The molecule has 4 saturated heterocycles. The number of likely N-dealkylation sites (tertiary alicyclic amines) is 1. The highest BCUT2D eigenvalue weighted by molar-refractivity contribution is 5.88. The minimum atomic E-state index is -1.91. The number of carbonyl (C=O) groups excluding carboxylic acids is 1. The van der Waals surface area contributed by atoms with Crippen molar-refractivity contribution in [3.63, 3.8) is 0 Å². The fraction of sp³-hybridized carbons (Fsp3) is 0.962. The number of unbranched alkanes of at least 4 members (excludes halogenated alkanes) is 7. The number of ether oxygens (including phenoxy) is 7. The molecule has 0 spiro atoms. The van der Waals surface area contributed by atoms with Crippen LogP contribution in [0.25, 0.3) is 0 Å². The number of carbonyl (C=O) groups is 1. The van der Waals surface area contributed by atoms with Gasteiger partial charge in [-0.3, -0.25) is 9.69 Å². The van der Waals surface area contributed by atoms with E-state index in [0.29, 0.717) is 12.1 Å². The Morgan fingerprint density at radius 3 is 2.07 bits per heavy atom. The summed E-state index contributed by atoms with van der Waals surface area (Å²) >= 11 is 0. The first-order valence-electron chi connectivity index (χ1n) is 26.8. The second-order valence-corrected chi connectivity index (χ2v) is 22.4. The van der Waals surface area contributed by atoms with E-state index < -0.39 is 102 Å². The Hall–Kier alpha value is -1.54. The van der Waals surface area contributed by atoms with E-state index in [1.54, 1.807) is 34.8 Å². The molecular weight excluding hydrogens is 887 g/mol. The second kappa shape index (κ2) is 27.1. The van der Waals surface area contributed by atoms with Crippen LogP contribution in [0.1, 0.15) is 166 Å². The summed E-state index contributed by atoms with van der Waals surface area (Å²) in [6.45, 7) is 23.2. The lowest BCUT2D eigenvalue weighted by molar-refractivity contribution is -0.319. The molecule has 0 radical (unpaired) electrons. The predicted molar refractivity (Wildman–Crippen MR) is 267 cm³/mol. The van der Waals surface area contributed by atoms with Crippen molar-refractivity contribution in [2.24, 2.45) is 28.8 Å². The highest BCUT2D eigenvalue weighted by Gasteiger charge is 2.54. The molecule has 4 aliphatic rings. The van der Waals surface area contributed by atoms with Gasteiger partial charge in [-0.25, -0.2) is 0 Å². The summed E-state index contributed by atoms with van der Waals surface area (Å²) in [5.74, 6) is -3.52. The summed E-state index contributed by atoms with van der Waals surface area (Å²) in [5, 5.41) is 52.5. The zero-order chi connectivity index (χ0) is 51.4. The van der Waals surface area contributed by atoms with Gasteiger partial charge in [0.1, 0.15) is 30.0 Å². The van der Waals surface area contributed by atoms with Gasteiger partial charge < -0.3 is 63.3 Å². The number of esters is 1. The molecule has 16 nitrogen and oxygen atoms in total. The largest absolute Gasteiger partial charge is 0.459 e. The van der Waals surface area contributed by atoms with Crippen molar-refractivity contribution < 1.29 is 63.2 Å². The van der Waals surface area contributed by atoms with Crippen LogP contribution in [0.15, 0.2) is 5.16 Å². The van der Waals surface area contributed by atoms with Crippen molar-refractivity contribution in [1.82, 2.24) is 9.80 Å². The number of hydrogen-bond donors (Lipinski definition) is 4. The normalized spacial score (nSPS) is 43.1. The lowest BCUT2D eigenvalue weighted by atomic mass is 9.73. The van der Waals surface area contributed by atoms with Crippen LogP contribution in [0.4, 0.5) is 0 Å². The Kier molecular flexibility index (Phi) is 23.6. The van der Waals surface area contributed by atoms with Gasteiger partial charge in [-0.15, -0.1) is 0 Å². The third-order valence-electron chi connectivity index (χ3n) is 16.4. The summed E-state index contributed by atoms with van der Waals surface area (Å²) in [6, 6.07) is -0.274. The minimum absolute atomic E-state index is 0.144. The Morgan fingerprint density at radius 1 is 0.826 bits per heavy atom. The average molecular weight is 986 g/mol. The van der Waals surface area contributed by atoms with Gasteiger partial charge in [0.25, 0.3) is 0 Å². The zero-order valence-corrected chi connectivity index (χ0v) is 45.6. The number of aliphatic hydroxyl groups is 4. The smallest absolute Gasteiger partial charge is 0.311 e. The molecule has 19 atom stereocenters. The molecule has 0 saturated carbocycles. The van der Waals surface area contributed by atoms with Crippen molar-refractivity contribution in [2.75, 3.05) is 47.9 Å². The molecule has 0 bridgehead atoms. The highest BCUT2D eigenvalue weighted by atomic mass is 16.7. The van der Waals surface area contributed by atoms with Gasteiger partial charge in [0.05, 0.1) is 53.4 Å². The average Bonchev–Trinajstić information content (AvgIpc) is 3.31. The van der Waals surface area contributed by atoms with Gasteiger partial charge in [0, 0.05) is 51.0 Å². The van der Waals surface area contributed by atoms with Gasteiger partial charge in [0.15, 0.2) is 12.6 Å². The lowest BCUT2D eigenvalue weighted by Crippen LogP contribution is -2.61. The Balaban J connectivity index is 1.78. The molecule has 0 aromatic carbocycles. The molecule has 5 unspecified atom stereocenters. The molecule has 4 N–H and O–H groups in total. The van der Waals surface area contributed by atoms with Crippen LogP contribution in [0.5, 0.6) is 0 Å². The van der Waals surface area contributed by atoms with Crippen molar-refractivity contribution in [3.8, 4) is 0 Å². The number of likely N-dealkylation sites (N-methyl/N-ethyl adjacent to an activating group) is 1. The Labute approximate surface area is 416 Å². The van der Waals surface area contributed by atoms with Gasteiger partial charge in [-0.2, -0.15) is 0 Å². The highest BCUT2D eigenvalue weighted by Crippen LogP contribution is 2.42. The molecule has 404 valence electrons. The van der Waals surface area contributed by atoms with Crippen molar-refractivity contribution in [3.05, 3.63) is 0 Å². The van der Waals surface area contributed by atoms with Crippen LogP contribution in [0, 0.1) is 23.7 Å². The van der Waals surface area contributed by atoms with E-state index in [1.807, 2.05) is 53.6 Å². The fourth-order valence-electron chi connectivity index (χ4n) is 11.7. The maximum absolute atomic E-state index is 14.6. The molecule has 4 fully saturated rings. The number of rotatable bonds is 19. The van der Waals surface area contributed by atoms with Gasteiger partial charge >= 0.3 is 5.97 Å². The molecule has 0 amide bonds. The standard InChI is InChI=1S/C53H99N3O13/c1-16-18-19-20-21-22-23-24-27-56-28-25-26-39(32-56)69-54-43-33(3)30-52(10,63-15)48(68-50-44(57)40(55(12)13)29-34(4)64-50)36(6)45(67-42-31-51(9,62-14)47(59)38(8)65-42)37(7)49(60)66-41(17-2)53(11,61)46(58)35(43)5/h33-42,44-48,50,57-59,61H,16-32H2,1-15H3/t33-,34-,35+,36+,37-,38?,39?,40+,41-,42?,44-,45+,46-,47?,48-,50+,51?,52-,53-/m1/s1. The molecule has 4 aliphatic heterocycles. The number of nitrogens with zero attached hydrogens (tertiary/aromatic N) is 3. The number of hydrogen-bond acceptors (Lipinski definition) is 16. The summed E-state index contributed by atoms with van der Waals surface area (Å²) < 4.78 is 45.4. The lowest BCUT2D eigenvalue weighted by Gasteiger charge is -2.50. The first-order valence-corrected chi connectivity index (χ1v) is 26.8. The van der Waals surface area contributed by atoms with E-state index in [4.69, 9.17) is 43.2 Å². The van der Waals surface area contributed by atoms with E-state index in [2.05, 4.69) is 11.8 Å². The van der Waals surface area contributed by atoms with Gasteiger partial charge in [0.2, 0.25) is 0 Å². The summed E-state index contributed by atoms with van der Waals surface area (Å²) in [7, 11) is 6.98. The number of aliphatic hydroxyl groups excluding tert-OH is 3. The first-order chi connectivity index (χ1) is 32.5. The predicted octanol–water partition coefficient (Wildman–Crippen LogP) is 6.85. The summed E-state index contributed by atoms with van der Waals surface area (Å²) in [4.78, 5) is 25.6. The molecule has 69 heavy (non-hydrogen) atoms. The maximum Gasteiger partial charge on any atom is 0.311 e. The third-order valence-corrected chi connectivity index (χ3v) is 16.4. The van der Waals surface area contributed by atoms with Crippen molar-refractivity contribution in [2.45, 2.75) is 256 Å². The molecular formula is C53H99N3O13. The molecule has 4 heterocycles. The van der Waals surface area contributed by atoms with Crippen LogP contribution in [-0.2, 0) is 42.8 Å². The van der Waals surface area contributed by atoms with E-state index in [9.17, 15) is 25.2 Å². The van der Waals surface area contributed by atoms with E-state index in [1.165, 1.54) is 59.0 Å². The van der Waals surface area contributed by atoms with Crippen LogP contribution < -0.4 is 0 Å². The number of cyclic esters (lactones) is 1. The molecule has 4 rings (SSSR count). The molecule has 0 aliphatic carbocycles. The Morgan fingerprint density at radius 2 is 1.46 bits per heavy atom. The zero-order valence-electron chi connectivity index (χ0n) is 45.6. The molecule has 0 aromatic rings. The maximum atomic E-state index is 14.6. The van der Waals surface area contributed by atoms with E-state index in [0.717, 1.165) is 38.9 Å². The molecule has 16 heteroatoms. The first kappa shape index (κ1) is 60.0. The number of piperidine rings is 1. The summed E-state index contributed by atoms with van der Waals surface area (Å²) in [6.07, 6.45) is 3.61. The van der Waals surface area contributed by atoms with Crippen LogP contribution in [0.2, 0.25) is 0 Å². The van der Waals surface area contributed by atoms with E-state index >= 15 is 0 Å². The topological polar surface area (TPSA) is 191 Å². The number of oxime groups is 1. The monoisotopic (exact) mass is 986 g/mol. The quantitative estimate of drug-likeness (QED) is 0.0597. The third kappa shape index (κ3) is 15.5. The van der Waals surface area contributed by atoms with Crippen LogP contribution >= 0.6 is 0 Å². The number of methoxy groups -OCH3 is 2. The van der Waals surface area contributed by atoms with E-state index in [-0.39, 0.29) is 37.5 Å². The van der Waals surface area contributed by atoms with Crippen LogP contribution in [0.3, 0.4) is 0 Å². The molecule has 0 aromatic heterocycles. The summed E-state index contributed by atoms with van der Waals surface area (Å²) in [5.41, 5.74) is -3.60.